The maximum Gasteiger partial charge on any atom is 0.187 e. The molecule has 0 bridgehead atoms. The number of aliphatic hydroxyl groups excluding tert-OH is 1. The zero-order valence-electron chi connectivity index (χ0n) is 17.2. The summed E-state index contributed by atoms with van der Waals surface area (Å²) in [6, 6.07) is 0. The van der Waals surface area contributed by atoms with Crippen LogP contribution >= 0.6 is 0 Å². The Morgan fingerprint density at radius 1 is 0.885 bits per heavy atom. The van der Waals surface area contributed by atoms with E-state index in [1.807, 2.05) is 13.8 Å². The summed E-state index contributed by atoms with van der Waals surface area (Å²) in [6.45, 7) is 8.44. The number of ether oxygens (including phenoxy) is 4. The standard InChI is InChI=1S/C21H40O5/c1-5-6-7-8-9-10-11-12-13-14-15-23-20-19-18(17(24-20)16(2)22)25-21(3,4)26-19/h16-20,22H,5-15H2,1-4H3/t16-,17-,18+,19+,20+/m1/s1. The van der Waals surface area contributed by atoms with Crippen LogP contribution in [0.15, 0.2) is 0 Å². The van der Waals surface area contributed by atoms with Gasteiger partial charge in [0.25, 0.3) is 0 Å². The Kier molecular flexibility index (Phi) is 9.31. The van der Waals surface area contributed by atoms with Crippen LogP contribution in [-0.4, -0.2) is 48.2 Å². The molecule has 1 N–H and O–H groups in total. The zero-order chi connectivity index (χ0) is 19.0. The van der Waals surface area contributed by atoms with E-state index in [-0.39, 0.29) is 18.3 Å². The van der Waals surface area contributed by atoms with Crippen LogP contribution in [0.5, 0.6) is 0 Å². The highest BCUT2D eigenvalue weighted by Gasteiger charge is 2.56. The third-order valence-corrected chi connectivity index (χ3v) is 5.30. The largest absolute Gasteiger partial charge is 0.391 e. The Balaban J connectivity index is 1.55. The topological polar surface area (TPSA) is 57.2 Å². The molecular formula is C21H40O5. The van der Waals surface area contributed by atoms with Crippen LogP contribution in [0.1, 0.15) is 91.9 Å². The molecule has 0 aromatic rings. The predicted octanol–water partition coefficient (Wildman–Crippen LogP) is 4.55. The molecule has 2 fully saturated rings. The summed E-state index contributed by atoms with van der Waals surface area (Å²) in [6.07, 6.45) is 11.1. The van der Waals surface area contributed by atoms with Gasteiger partial charge in [-0.25, -0.2) is 0 Å². The molecule has 0 aromatic heterocycles. The smallest absolute Gasteiger partial charge is 0.187 e. The summed E-state index contributed by atoms with van der Waals surface area (Å²) in [4.78, 5) is 0. The Labute approximate surface area is 159 Å². The molecule has 154 valence electrons. The minimum absolute atomic E-state index is 0.257. The normalized spacial score (nSPS) is 31.3. The first-order valence-corrected chi connectivity index (χ1v) is 10.8. The van der Waals surface area contributed by atoms with E-state index in [4.69, 9.17) is 18.9 Å². The molecule has 0 aromatic carbocycles. The number of aliphatic hydroxyl groups is 1. The van der Waals surface area contributed by atoms with Crippen LogP contribution < -0.4 is 0 Å². The summed E-state index contributed by atoms with van der Waals surface area (Å²) in [5.74, 6) is -0.648. The molecule has 2 aliphatic rings. The van der Waals surface area contributed by atoms with Crippen LogP contribution in [0.3, 0.4) is 0 Å². The van der Waals surface area contributed by atoms with Gasteiger partial charge in [0, 0.05) is 6.61 Å². The van der Waals surface area contributed by atoms with Crippen LogP contribution in [0.25, 0.3) is 0 Å². The fourth-order valence-electron chi connectivity index (χ4n) is 3.90. The summed E-state index contributed by atoms with van der Waals surface area (Å²) in [5.41, 5.74) is 0. The van der Waals surface area contributed by atoms with Crippen molar-refractivity contribution in [1.29, 1.82) is 0 Å². The number of rotatable bonds is 13. The molecule has 2 saturated heterocycles. The molecule has 26 heavy (non-hydrogen) atoms. The van der Waals surface area contributed by atoms with Gasteiger partial charge in [0.15, 0.2) is 12.1 Å². The van der Waals surface area contributed by atoms with Crippen molar-refractivity contribution in [3.05, 3.63) is 0 Å². The van der Waals surface area contributed by atoms with Crippen molar-refractivity contribution in [2.24, 2.45) is 0 Å². The van der Waals surface area contributed by atoms with Gasteiger partial charge in [-0.3, -0.25) is 0 Å². The van der Waals surface area contributed by atoms with Crippen molar-refractivity contribution < 1.29 is 24.1 Å². The minimum Gasteiger partial charge on any atom is -0.391 e. The maximum absolute atomic E-state index is 9.93. The molecule has 5 nitrogen and oxygen atoms in total. The fraction of sp³-hybridized carbons (Fsp3) is 1.00. The Morgan fingerprint density at radius 3 is 2.00 bits per heavy atom. The van der Waals surface area contributed by atoms with Gasteiger partial charge in [0.2, 0.25) is 0 Å². The first-order valence-electron chi connectivity index (χ1n) is 10.8. The Bertz CT molecular complexity index is 385. The molecule has 0 amide bonds. The number of fused-ring (bicyclic) bond motifs is 1. The highest BCUT2D eigenvalue weighted by molar-refractivity contribution is 4.97. The Hall–Kier alpha value is -0.200. The zero-order valence-corrected chi connectivity index (χ0v) is 17.2. The van der Waals surface area contributed by atoms with Gasteiger partial charge in [-0.2, -0.15) is 0 Å². The van der Waals surface area contributed by atoms with Crippen molar-refractivity contribution in [3.8, 4) is 0 Å². The summed E-state index contributed by atoms with van der Waals surface area (Å²) >= 11 is 0. The van der Waals surface area contributed by atoms with E-state index in [1.165, 1.54) is 57.8 Å². The van der Waals surface area contributed by atoms with E-state index in [0.29, 0.717) is 6.61 Å². The molecule has 0 spiro atoms. The molecule has 5 atom stereocenters. The third-order valence-electron chi connectivity index (χ3n) is 5.30. The second-order valence-electron chi connectivity index (χ2n) is 8.33. The lowest BCUT2D eigenvalue weighted by Gasteiger charge is -2.25. The molecule has 0 aliphatic carbocycles. The summed E-state index contributed by atoms with van der Waals surface area (Å²) < 4.78 is 23.6. The van der Waals surface area contributed by atoms with Crippen molar-refractivity contribution in [2.45, 2.75) is 128 Å². The van der Waals surface area contributed by atoms with Gasteiger partial charge in [0.1, 0.15) is 18.3 Å². The number of unbranched alkanes of at least 4 members (excludes halogenated alkanes) is 9. The SMILES string of the molecule is CCCCCCCCCCCCO[C@H]1O[C@H]([C@@H](C)O)[C@@H]2OC(C)(C)O[C@H]12. The average Bonchev–Trinajstić information content (AvgIpc) is 3.06. The summed E-state index contributed by atoms with van der Waals surface area (Å²) in [7, 11) is 0. The van der Waals surface area contributed by atoms with Crippen molar-refractivity contribution in [3.63, 3.8) is 0 Å². The number of hydrogen-bond donors (Lipinski definition) is 1. The second-order valence-corrected chi connectivity index (χ2v) is 8.33. The second kappa shape index (κ2) is 11.0. The van der Waals surface area contributed by atoms with Crippen LogP contribution in [0.4, 0.5) is 0 Å². The minimum atomic E-state index is -0.648. The van der Waals surface area contributed by atoms with E-state index < -0.39 is 18.2 Å². The highest BCUT2D eigenvalue weighted by Crippen LogP contribution is 2.40. The quantitative estimate of drug-likeness (QED) is 0.481. The van der Waals surface area contributed by atoms with Crippen molar-refractivity contribution in [1.82, 2.24) is 0 Å². The van der Waals surface area contributed by atoms with E-state index in [9.17, 15) is 5.11 Å². The lowest BCUT2D eigenvalue weighted by Crippen LogP contribution is -2.36. The average molecular weight is 373 g/mol. The van der Waals surface area contributed by atoms with Crippen molar-refractivity contribution in [2.75, 3.05) is 6.61 Å². The first-order chi connectivity index (χ1) is 12.4. The van der Waals surface area contributed by atoms with E-state index in [0.717, 1.165) is 6.42 Å². The van der Waals surface area contributed by atoms with Gasteiger partial charge in [-0.1, -0.05) is 64.7 Å². The van der Waals surface area contributed by atoms with Crippen LogP contribution in [-0.2, 0) is 18.9 Å². The van der Waals surface area contributed by atoms with E-state index in [1.54, 1.807) is 6.92 Å². The van der Waals surface area contributed by atoms with Crippen LogP contribution in [0, 0.1) is 0 Å². The van der Waals surface area contributed by atoms with Gasteiger partial charge in [-0.05, 0) is 27.2 Å². The van der Waals surface area contributed by atoms with Gasteiger partial charge < -0.3 is 24.1 Å². The lowest BCUT2D eigenvalue weighted by atomic mass is 10.1. The predicted molar refractivity (Wildman–Crippen MR) is 102 cm³/mol. The third kappa shape index (κ3) is 6.75. The van der Waals surface area contributed by atoms with Crippen LogP contribution in [0.2, 0.25) is 0 Å². The molecule has 2 heterocycles. The van der Waals surface area contributed by atoms with E-state index in [2.05, 4.69) is 6.92 Å². The van der Waals surface area contributed by atoms with Gasteiger partial charge in [0.05, 0.1) is 6.10 Å². The first kappa shape index (κ1) is 22.1. The van der Waals surface area contributed by atoms with Gasteiger partial charge >= 0.3 is 0 Å². The molecule has 0 saturated carbocycles. The highest BCUT2D eigenvalue weighted by atomic mass is 16.8. The molecule has 5 heteroatoms. The molecule has 2 rings (SSSR count). The Morgan fingerprint density at radius 2 is 1.42 bits per heavy atom. The lowest BCUT2D eigenvalue weighted by molar-refractivity contribution is -0.242. The molecule has 2 aliphatic heterocycles. The van der Waals surface area contributed by atoms with E-state index >= 15 is 0 Å². The molecule has 0 radical (unpaired) electrons. The maximum atomic E-state index is 9.93. The fourth-order valence-corrected chi connectivity index (χ4v) is 3.90. The number of hydrogen-bond acceptors (Lipinski definition) is 5. The molecule has 0 unspecified atom stereocenters. The monoisotopic (exact) mass is 372 g/mol. The van der Waals surface area contributed by atoms with Crippen molar-refractivity contribution >= 4 is 0 Å². The molecular weight excluding hydrogens is 332 g/mol. The summed E-state index contributed by atoms with van der Waals surface area (Å²) in [5, 5.41) is 9.93. The van der Waals surface area contributed by atoms with Gasteiger partial charge in [-0.15, -0.1) is 0 Å².